The first-order chi connectivity index (χ1) is 12.8. The monoisotopic (exact) mass is 350 g/mol. The van der Waals surface area contributed by atoms with E-state index in [2.05, 4.69) is 15.0 Å². The van der Waals surface area contributed by atoms with E-state index in [1.807, 2.05) is 35.2 Å². The topological polar surface area (TPSA) is 81.4 Å². The highest BCUT2D eigenvalue weighted by Crippen LogP contribution is 2.23. The summed E-state index contributed by atoms with van der Waals surface area (Å²) in [5, 5.41) is 0. The normalized spacial score (nSPS) is 16.6. The summed E-state index contributed by atoms with van der Waals surface area (Å²) in [6.45, 7) is 0.820. The lowest BCUT2D eigenvalue weighted by molar-refractivity contribution is -0.146. The summed E-state index contributed by atoms with van der Waals surface area (Å²) in [5.41, 5.74) is 1.46. The molecule has 1 aliphatic rings. The van der Waals surface area contributed by atoms with E-state index in [9.17, 15) is 4.79 Å². The molecule has 3 aromatic rings. The van der Waals surface area contributed by atoms with E-state index in [0.29, 0.717) is 17.5 Å². The van der Waals surface area contributed by atoms with Crippen LogP contribution in [0.15, 0.2) is 59.5 Å². The summed E-state index contributed by atoms with van der Waals surface area (Å²) in [6.07, 6.45) is 6.49. The standard InChI is InChI=1S/C19H18N4O3/c24-18(16-8-4-11-23(16)19-20-9-5-10-21-19)26-13-15-12-25-17(22-15)14-6-2-1-3-7-14/h1-3,5-7,9-10,12,16H,4,8,11,13H2/t16-/m0/s1. The number of hydrogen-bond donors (Lipinski definition) is 0. The van der Waals surface area contributed by atoms with Crippen LogP contribution in [0.4, 0.5) is 5.95 Å². The third-order valence-corrected chi connectivity index (χ3v) is 4.27. The molecule has 0 spiro atoms. The van der Waals surface area contributed by atoms with Crippen LogP contribution < -0.4 is 4.90 Å². The number of benzene rings is 1. The maximum absolute atomic E-state index is 12.5. The van der Waals surface area contributed by atoms with Crippen LogP contribution in [0.25, 0.3) is 11.5 Å². The van der Waals surface area contributed by atoms with E-state index < -0.39 is 0 Å². The Morgan fingerprint density at radius 1 is 1.19 bits per heavy atom. The molecule has 1 aromatic carbocycles. The molecular weight excluding hydrogens is 332 g/mol. The Labute approximate surface area is 150 Å². The smallest absolute Gasteiger partial charge is 0.329 e. The zero-order valence-corrected chi connectivity index (χ0v) is 14.1. The fourth-order valence-electron chi connectivity index (χ4n) is 3.02. The van der Waals surface area contributed by atoms with Gasteiger partial charge in [0.1, 0.15) is 24.6 Å². The second-order valence-corrected chi connectivity index (χ2v) is 6.02. The van der Waals surface area contributed by atoms with Crippen LogP contribution in [0.5, 0.6) is 0 Å². The van der Waals surface area contributed by atoms with Gasteiger partial charge in [0, 0.05) is 24.5 Å². The number of rotatable bonds is 5. The zero-order chi connectivity index (χ0) is 17.8. The Morgan fingerprint density at radius 2 is 2.00 bits per heavy atom. The number of hydrogen-bond acceptors (Lipinski definition) is 7. The third-order valence-electron chi connectivity index (χ3n) is 4.27. The van der Waals surface area contributed by atoms with E-state index >= 15 is 0 Å². The second-order valence-electron chi connectivity index (χ2n) is 6.02. The molecule has 0 N–H and O–H groups in total. The molecular formula is C19H18N4O3. The summed E-state index contributed by atoms with van der Waals surface area (Å²) in [6, 6.07) is 11.0. The average molecular weight is 350 g/mol. The van der Waals surface area contributed by atoms with Gasteiger partial charge in [-0.15, -0.1) is 0 Å². The zero-order valence-electron chi connectivity index (χ0n) is 14.1. The molecule has 26 heavy (non-hydrogen) atoms. The number of carbonyl (C=O) groups is 1. The third kappa shape index (κ3) is 3.42. The quantitative estimate of drug-likeness (QED) is 0.654. The SMILES string of the molecule is O=C(OCc1coc(-c2ccccc2)n1)[C@@H]1CCCN1c1ncccn1. The summed E-state index contributed by atoms with van der Waals surface area (Å²) >= 11 is 0. The van der Waals surface area contributed by atoms with Gasteiger partial charge in [0.15, 0.2) is 0 Å². The summed E-state index contributed by atoms with van der Waals surface area (Å²) in [5.74, 6) is 0.774. The van der Waals surface area contributed by atoms with Crippen molar-refractivity contribution in [2.45, 2.75) is 25.5 Å². The van der Waals surface area contributed by atoms with Crippen LogP contribution in [0.1, 0.15) is 18.5 Å². The molecule has 0 saturated carbocycles. The lowest BCUT2D eigenvalue weighted by Crippen LogP contribution is -2.38. The largest absolute Gasteiger partial charge is 0.458 e. The molecule has 0 unspecified atom stereocenters. The van der Waals surface area contributed by atoms with E-state index in [0.717, 1.165) is 24.9 Å². The van der Waals surface area contributed by atoms with Gasteiger partial charge < -0.3 is 14.1 Å². The van der Waals surface area contributed by atoms with Crippen LogP contribution in [0, 0.1) is 0 Å². The van der Waals surface area contributed by atoms with Gasteiger partial charge in [-0.25, -0.2) is 19.7 Å². The number of esters is 1. The number of ether oxygens (including phenoxy) is 1. The van der Waals surface area contributed by atoms with Crippen LogP contribution in [0.2, 0.25) is 0 Å². The number of oxazole rings is 1. The number of carbonyl (C=O) groups excluding carboxylic acids is 1. The lowest BCUT2D eigenvalue weighted by Gasteiger charge is -2.22. The lowest BCUT2D eigenvalue weighted by atomic mass is 10.2. The minimum atomic E-state index is -0.363. The van der Waals surface area contributed by atoms with Crippen LogP contribution in [-0.4, -0.2) is 33.5 Å². The molecule has 1 atom stereocenters. The number of anilines is 1. The average Bonchev–Trinajstić information content (AvgIpc) is 3.37. The predicted molar refractivity (Wildman–Crippen MR) is 94.1 cm³/mol. The molecule has 1 aliphatic heterocycles. The van der Waals surface area contributed by atoms with Crippen molar-refractivity contribution in [3.8, 4) is 11.5 Å². The molecule has 4 rings (SSSR count). The van der Waals surface area contributed by atoms with Crippen molar-refractivity contribution >= 4 is 11.9 Å². The van der Waals surface area contributed by atoms with Crippen molar-refractivity contribution in [2.24, 2.45) is 0 Å². The van der Waals surface area contributed by atoms with Gasteiger partial charge in [0.25, 0.3) is 0 Å². The van der Waals surface area contributed by atoms with Gasteiger partial charge in [0.2, 0.25) is 11.8 Å². The van der Waals surface area contributed by atoms with Crippen molar-refractivity contribution in [3.63, 3.8) is 0 Å². The summed E-state index contributed by atoms with van der Waals surface area (Å²) in [4.78, 5) is 27.2. The van der Waals surface area contributed by atoms with Crippen molar-refractivity contribution in [1.82, 2.24) is 15.0 Å². The molecule has 3 heterocycles. The first-order valence-corrected chi connectivity index (χ1v) is 8.51. The Kier molecular flexibility index (Phi) is 4.59. The molecule has 0 radical (unpaired) electrons. The molecule has 0 bridgehead atoms. The molecule has 0 amide bonds. The Bertz CT molecular complexity index is 867. The Balaban J connectivity index is 1.39. The summed E-state index contributed by atoms with van der Waals surface area (Å²) in [7, 11) is 0. The minimum Gasteiger partial charge on any atom is -0.458 e. The van der Waals surface area contributed by atoms with Crippen molar-refractivity contribution < 1.29 is 13.9 Å². The van der Waals surface area contributed by atoms with E-state index in [4.69, 9.17) is 9.15 Å². The molecule has 1 fully saturated rings. The fraction of sp³-hybridized carbons (Fsp3) is 0.263. The number of nitrogens with zero attached hydrogens (tertiary/aromatic N) is 4. The molecule has 0 aliphatic carbocycles. The molecule has 2 aromatic heterocycles. The molecule has 1 saturated heterocycles. The van der Waals surface area contributed by atoms with E-state index in [-0.39, 0.29) is 18.6 Å². The highest BCUT2D eigenvalue weighted by atomic mass is 16.5. The minimum absolute atomic E-state index is 0.0785. The van der Waals surface area contributed by atoms with Crippen LogP contribution in [0.3, 0.4) is 0 Å². The maximum Gasteiger partial charge on any atom is 0.329 e. The van der Waals surface area contributed by atoms with Crippen LogP contribution >= 0.6 is 0 Å². The van der Waals surface area contributed by atoms with Gasteiger partial charge in [-0.1, -0.05) is 18.2 Å². The van der Waals surface area contributed by atoms with Gasteiger partial charge in [0.05, 0.1) is 0 Å². The Morgan fingerprint density at radius 3 is 2.81 bits per heavy atom. The van der Waals surface area contributed by atoms with Crippen molar-refractivity contribution in [2.75, 3.05) is 11.4 Å². The van der Waals surface area contributed by atoms with Crippen molar-refractivity contribution in [1.29, 1.82) is 0 Å². The van der Waals surface area contributed by atoms with E-state index in [1.165, 1.54) is 6.26 Å². The highest BCUT2D eigenvalue weighted by molar-refractivity contribution is 5.80. The Hall–Kier alpha value is -3.22. The van der Waals surface area contributed by atoms with Gasteiger partial charge in [-0.3, -0.25) is 0 Å². The van der Waals surface area contributed by atoms with Gasteiger partial charge in [-0.2, -0.15) is 0 Å². The second kappa shape index (κ2) is 7.35. The first-order valence-electron chi connectivity index (χ1n) is 8.51. The van der Waals surface area contributed by atoms with E-state index in [1.54, 1.807) is 18.5 Å². The maximum atomic E-state index is 12.5. The molecule has 7 nitrogen and oxygen atoms in total. The summed E-state index contributed by atoms with van der Waals surface area (Å²) < 4.78 is 10.9. The van der Waals surface area contributed by atoms with Crippen molar-refractivity contribution in [3.05, 3.63) is 60.7 Å². The fourth-order valence-corrected chi connectivity index (χ4v) is 3.02. The predicted octanol–water partition coefficient (Wildman–Crippen LogP) is 2.84. The first kappa shape index (κ1) is 16.3. The molecule has 132 valence electrons. The molecule has 7 heteroatoms. The van der Waals surface area contributed by atoms with Gasteiger partial charge in [-0.05, 0) is 31.0 Å². The van der Waals surface area contributed by atoms with Gasteiger partial charge >= 0.3 is 5.97 Å². The van der Waals surface area contributed by atoms with Crippen LogP contribution in [-0.2, 0) is 16.1 Å². The highest BCUT2D eigenvalue weighted by Gasteiger charge is 2.33. The number of aromatic nitrogens is 3.